The van der Waals surface area contributed by atoms with Gasteiger partial charge in [-0.1, -0.05) is 52.0 Å². The number of hydrogen-bond donors (Lipinski definition) is 1. The molecule has 0 saturated carbocycles. The van der Waals surface area contributed by atoms with E-state index < -0.39 is 0 Å². The monoisotopic (exact) mass is 286 g/mol. The normalized spacial score (nSPS) is 12.1. The van der Waals surface area contributed by atoms with E-state index in [9.17, 15) is 0 Å². The van der Waals surface area contributed by atoms with Gasteiger partial charge in [-0.25, -0.2) is 4.68 Å². The third-order valence-corrected chi connectivity index (χ3v) is 3.40. The first-order valence-electron chi connectivity index (χ1n) is 7.59. The molecular formula is C17H26N4. The third-order valence-electron chi connectivity index (χ3n) is 3.40. The molecular weight excluding hydrogens is 260 g/mol. The Kier molecular flexibility index (Phi) is 4.78. The number of hydrogen-bond acceptors (Lipinski definition) is 3. The smallest absolute Gasteiger partial charge is 0.0969 e. The molecule has 114 valence electrons. The summed E-state index contributed by atoms with van der Waals surface area (Å²) in [5, 5.41) is 11.8. The Hall–Kier alpha value is -1.68. The Balaban J connectivity index is 2.04. The highest BCUT2D eigenvalue weighted by atomic mass is 15.4. The van der Waals surface area contributed by atoms with E-state index in [2.05, 4.69) is 74.5 Å². The zero-order chi connectivity index (χ0) is 15.5. The van der Waals surface area contributed by atoms with Gasteiger partial charge in [0.25, 0.3) is 0 Å². The van der Waals surface area contributed by atoms with Gasteiger partial charge in [-0.15, -0.1) is 5.10 Å². The maximum absolute atomic E-state index is 4.21. The van der Waals surface area contributed by atoms with Gasteiger partial charge in [0.2, 0.25) is 0 Å². The summed E-state index contributed by atoms with van der Waals surface area (Å²) in [6, 6.07) is 8.52. The molecule has 21 heavy (non-hydrogen) atoms. The summed E-state index contributed by atoms with van der Waals surface area (Å²) in [5.41, 5.74) is 3.51. The fourth-order valence-electron chi connectivity index (χ4n) is 2.11. The number of aromatic nitrogens is 3. The predicted octanol–water partition coefficient (Wildman–Crippen LogP) is 3.31. The fraction of sp³-hybridized carbons (Fsp3) is 0.529. The van der Waals surface area contributed by atoms with E-state index in [1.165, 1.54) is 5.56 Å². The van der Waals surface area contributed by atoms with Crippen LogP contribution in [0, 0.1) is 5.92 Å². The van der Waals surface area contributed by atoms with Crippen LogP contribution in [0.1, 0.15) is 45.9 Å². The molecule has 0 saturated heterocycles. The van der Waals surface area contributed by atoms with Crippen LogP contribution in [0.15, 0.2) is 30.5 Å². The minimum absolute atomic E-state index is 0.173. The van der Waals surface area contributed by atoms with Crippen molar-refractivity contribution in [2.24, 2.45) is 5.92 Å². The lowest BCUT2D eigenvalue weighted by Crippen LogP contribution is -2.19. The Morgan fingerprint density at radius 2 is 1.81 bits per heavy atom. The van der Waals surface area contributed by atoms with Gasteiger partial charge < -0.3 is 5.32 Å². The van der Waals surface area contributed by atoms with E-state index in [0.717, 1.165) is 24.5 Å². The summed E-state index contributed by atoms with van der Waals surface area (Å²) in [4.78, 5) is 0. The van der Waals surface area contributed by atoms with Crippen molar-refractivity contribution < 1.29 is 0 Å². The van der Waals surface area contributed by atoms with Gasteiger partial charge in [-0.3, -0.25) is 0 Å². The molecule has 1 aromatic heterocycles. The van der Waals surface area contributed by atoms with Gasteiger partial charge in [0.1, 0.15) is 0 Å². The van der Waals surface area contributed by atoms with Crippen molar-refractivity contribution in [2.45, 2.75) is 46.6 Å². The van der Waals surface area contributed by atoms with E-state index in [0.29, 0.717) is 5.92 Å². The van der Waals surface area contributed by atoms with Crippen molar-refractivity contribution in [2.75, 3.05) is 6.54 Å². The SMILES string of the molecule is CC(C)CNCc1cn(-c2ccc(C(C)(C)C)cc2)nn1. The second-order valence-electron chi connectivity index (χ2n) is 6.98. The lowest BCUT2D eigenvalue weighted by molar-refractivity contribution is 0.548. The van der Waals surface area contributed by atoms with Crippen molar-refractivity contribution in [3.05, 3.63) is 41.7 Å². The first-order chi connectivity index (χ1) is 9.86. The van der Waals surface area contributed by atoms with Gasteiger partial charge in [-0.2, -0.15) is 0 Å². The Bertz CT molecular complexity index is 561. The highest BCUT2D eigenvalue weighted by molar-refractivity contribution is 5.36. The van der Waals surface area contributed by atoms with Crippen LogP contribution in [0.5, 0.6) is 0 Å². The van der Waals surface area contributed by atoms with Crippen LogP contribution in [0.2, 0.25) is 0 Å². The topological polar surface area (TPSA) is 42.7 Å². The summed E-state index contributed by atoms with van der Waals surface area (Å²) >= 11 is 0. The molecule has 0 fully saturated rings. The fourth-order valence-corrected chi connectivity index (χ4v) is 2.11. The molecule has 0 spiro atoms. The molecule has 0 aliphatic heterocycles. The zero-order valence-electron chi connectivity index (χ0n) is 13.7. The molecule has 0 aliphatic rings. The summed E-state index contributed by atoms with van der Waals surface area (Å²) in [6.07, 6.45) is 1.99. The van der Waals surface area contributed by atoms with Gasteiger partial charge in [0.15, 0.2) is 0 Å². The van der Waals surface area contributed by atoms with Crippen LogP contribution in [0.3, 0.4) is 0 Å². The molecule has 4 heteroatoms. The molecule has 1 heterocycles. The average molecular weight is 286 g/mol. The molecule has 0 bridgehead atoms. The predicted molar refractivity (Wildman–Crippen MR) is 86.6 cm³/mol. The van der Waals surface area contributed by atoms with Gasteiger partial charge in [-0.05, 0) is 35.6 Å². The van der Waals surface area contributed by atoms with Crippen molar-refractivity contribution >= 4 is 0 Å². The molecule has 0 unspecified atom stereocenters. The van der Waals surface area contributed by atoms with Crippen LogP contribution in [0.25, 0.3) is 5.69 Å². The first-order valence-corrected chi connectivity index (χ1v) is 7.59. The lowest BCUT2D eigenvalue weighted by atomic mass is 9.87. The van der Waals surface area contributed by atoms with Gasteiger partial charge in [0, 0.05) is 6.54 Å². The standard InChI is InChI=1S/C17H26N4/c1-13(2)10-18-11-15-12-21(20-19-15)16-8-6-14(7-9-16)17(3,4)5/h6-9,12-13,18H,10-11H2,1-5H3. The summed E-state index contributed by atoms with van der Waals surface area (Å²) < 4.78 is 1.83. The van der Waals surface area contributed by atoms with Crippen molar-refractivity contribution in [3.8, 4) is 5.69 Å². The summed E-state index contributed by atoms with van der Waals surface area (Å²) in [5.74, 6) is 0.644. The maximum Gasteiger partial charge on any atom is 0.0969 e. The van der Waals surface area contributed by atoms with E-state index in [1.54, 1.807) is 0 Å². The van der Waals surface area contributed by atoms with Crippen LogP contribution in [-0.2, 0) is 12.0 Å². The molecule has 0 atom stereocenters. The van der Waals surface area contributed by atoms with E-state index in [1.807, 2.05) is 10.9 Å². The molecule has 2 rings (SSSR count). The van der Waals surface area contributed by atoms with Crippen LogP contribution < -0.4 is 5.32 Å². The highest BCUT2D eigenvalue weighted by Crippen LogP contribution is 2.22. The van der Waals surface area contributed by atoms with E-state index in [4.69, 9.17) is 0 Å². The Morgan fingerprint density at radius 1 is 1.14 bits per heavy atom. The second-order valence-corrected chi connectivity index (χ2v) is 6.98. The van der Waals surface area contributed by atoms with Crippen molar-refractivity contribution in [1.29, 1.82) is 0 Å². The molecule has 1 aromatic carbocycles. The second kappa shape index (κ2) is 6.39. The van der Waals surface area contributed by atoms with Crippen molar-refractivity contribution in [3.63, 3.8) is 0 Å². The summed E-state index contributed by atoms with van der Waals surface area (Å²) in [7, 11) is 0. The maximum atomic E-state index is 4.21. The Morgan fingerprint density at radius 3 is 2.38 bits per heavy atom. The quantitative estimate of drug-likeness (QED) is 0.917. The highest BCUT2D eigenvalue weighted by Gasteiger charge is 2.13. The van der Waals surface area contributed by atoms with Crippen LogP contribution >= 0.6 is 0 Å². The molecule has 0 amide bonds. The number of rotatable bonds is 5. The van der Waals surface area contributed by atoms with E-state index >= 15 is 0 Å². The number of benzene rings is 1. The minimum atomic E-state index is 0.173. The van der Waals surface area contributed by atoms with E-state index in [-0.39, 0.29) is 5.41 Å². The third kappa shape index (κ3) is 4.39. The first kappa shape index (κ1) is 15.7. The summed E-state index contributed by atoms with van der Waals surface area (Å²) in [6.45, 7) is 12.8. The Labute approximate surface area is 127 Å². The molecule has 0 aliphatic carbocycles. The number of nitrogens with one attached hydrogen (secondary N) is 1. The molecule has 1 N–H and O–H groups in total. The lowest BCUT2D eigenvalue weighted by Gasteiger charge is -2.19. The minimum Gasteiger partial charge on any atom is -0.311 e. The van der Waals surface area contributed by atoms with Crippen LogP contribution in [0.4, 0.5) is 0 Å². The largest absolute Gasteiger partial charge is 0.311 e. The molecule has 4 nitrogen and oxygen atoms in total. The van der Waals surface area contributed by atoms with Gasteiger partial charge in [0.05, 0.1) is 17.6 Å². The van der Waals surface area contributed by atoms with Gasteiger partial charge >= 0.3 is 0 Å². The zero-order valence-corrected chi connectivity index (χ0v) is 13.7. The van der Waals surface area contributed by atoms with Crippen molar-refractivity contribution in [1.82, 2.24) is 20.3 Å². The van der Waals surface area contributed by atoms with Crippen LogP contribution in [-0.4, -0.2) is 21.5 Å². The number of nitrogens with zero attached hydrogens (tertiary/aromatic N) is 3. The molecule has 0 radical (unpaired) electrons. The molecule has 2 aromatic rings. The average Bonchev–Trinajstić information content (AvgIpc) is 2.86.